The van der Waals surface area contributed by atoms with Gasteiger partial charge in [-0.15, -0.1) is 0 Å². The third-order valence-electron chi connectivity index (χ3n) is 3.59. The molecule has 0 radical (unpaired) electrons. The number of amides is 1. The Morgan fingerprint density at radius 2 is 2.05 bits per heavy atom. The number of hydrogen-bond acceptors (Lipinski definition) is 3. The zero-order chi connectivity index (χ0) is 13.9. The molecular weight excluding hydrogens is 268 g/mol. The second-order valence-electron chi connectivity index (χ2n) is 5.02. The number of pyridine rings is 1. The van der Waals surface area contributed by atoms with E-state index in [-0.39, 0.29) is 5.91 Å². The van der Waals surface area contributed by atoms with Gasteiger partial charge in [-0.05, 0) is 23.8 Å². The van der Waals surface area contributed by atoms with Crippen LogP contribution in [0.15, 0.2) is 48.7 Å². The van der Waals surface area contributed by atoms with Gasteiger partial charge < -0.3 is 4.90 Å². The normalized spacial score (nSPS) is 18.6. The van der Waals surface area contributed by atoms with Crippen LogP contribution in [0.1, 0.15) is 6.42 Å². The van der Waals surface area contributed by atoms with Gasteiger partial charge in [0.15, 0.2) is 0 Å². The molecule has 1 aromatic heterocycles. The summed E-state index contributed by atoms with van der Waals surface area (Å²) in [4.78, 5) is 18.3. The number of hydrogen-bond donors (Lipinski definition) is 1. The second kappa shape index (κ2) is 5.67. The van der Waals surface area contributed by atoms with Crippen LogP contribution in [-0.2, 0) is 4.79 Å². The van der Waals surface area contributed by atoms with Crippen LogP contribution in [0.3, 0.4) is 0 Å². The van der Waals surface area contributed by atoms with Crippen LogP contribution in [0, 0.1) is 5.92 Å². The minimum atomic E-state index is 0.175. The maximum Gasteiger partial charge on any atom is 0.227 e. The van der Waals surface area contributed by atoms with Crippen molar-refractivity contribution in [3.63, 3.8) is 0 Å². The Balaban J connectivity index is 1.91. The molecule has 0 bridgehead atoms. The van der Waals surface area contributed by atoms with Crippen molar-refractivity contribution in [3.8, 4) is 11.3 Å². The van der Waals surface area contributed by atoms with Crippen LogP contribution in [-0.4, -0.2) is 23.2 Å². The molecule has 1 fully saturated rings. The van der Waals surface area contributed by atoms with Crippen molar-refractivity contribution in [2.75, 3.05) is 17.2 Å². The van der Waals surface area contributed by atoms with E-state index in [9.17, 15) is 4.79 Å². The van der Waals surface area contributed by atoms with Gasteiger partial charge in [-0.25, -0.2) is 0 Å². The molecule has 0 saturated carbocycles. The first-order valence-corrected chi connectivity index (χ1v) is 7.34. The SMILES string of the molecule is O=C1CC(CS)CN1c1ccnc(-c2ccccc2)c1. The zero-order valence-corrected chi connectivity index (χ0v) is 12.0. The number of aromatic nitrogens is 1. The van der Waals surface area contributed by atoms with Gasteiger partial charge in [0.1, 0.15) is 0 Å². The fourth-order valence-corrected chi connectivity index (χ4v) is 2.75. The van der Waals surface area contributed by atoms with Crippen LogP contribution < -0.4 is 4.90 Å². The third kappa shape index (κ3) is 2.56. The van der Waals surface area contributed by atoms with Crippen LogP contribution in [0.25, 0.3) is 11.3 Å². The molecule has 1 atom stereocenters. The van der Waals surface area contributed by atoms with E-state index in [0.29, 0.717) is 12.3 Å². The van der Waals surface area contributed by atoms with E-state index in [1.165, 1.54) is 0 Å². The monoisotopic (exact) mass is 284 g/mol. The Kier molecular flexibility index (Phi) is 3.74. The summed E-state index contributed by atoms with van der Waals surface area (Å²) in [6.07, 6.45) is 2.35. The number of thiol groups is 1. The Labute approximate surface area is 124 Å². The maximum absolute atomic E-state index is 12.1. The number of benzene rings is 1. The lowest BCUT2D eigenvalue weighted by Gasteiger charge is -2.17. The summed E-state index contributed by atoms with van der Waals surface area (Å²) in [5.74, 6) is 1.27. The van der Waals surface area contributed by atoms with Gasteiger partial charge in [0.25, 0.3) is 0 Å². The maximum atomic E-state index is 12.1. The highest BCUT2D eigenvalue weighted by Gasteiger charge is 2.29. The van der Waals surface area contributed by atoms with Crippen molar-refractivity contribution in [2.45, 2.75) is 6.42 Å². The van der Waals surface area contributed by atoms with Gasteiger partial charge in [0.2, 0.25) is 5.91 Å². The summed E-state index contributed by atoms with van der Waals surface area (Å²) in [6.45, 7) is 0.751. The fourth-order valence-electron chi connectivity index (χ4n) is 2.51. The van der Waals surface area contributed by atoms with E-state index in [1.54, 1.807) is 6.20 Å². The lowest BCUT2D eigenvalue weighted by Crippen LogP contribution is -2.24. The van der Waals surface area contributed by atoms with Crippen molar-refractivity contribution in [1.82, 2.24) is 4.98 Å². The molecular formula is C16H16N2OS. The predicted octanol–water partition coefficient (Wildman–Crippen LogP) is 3.03. The average Bonchev–Trinajstić information content (AvgIpc) is 2.89. The Morgan fingerprint density at radius 1 is 1.25 bits per heavy atom. The van der Waals surface area contributed by atoms with Gasteiger partial charge in [-0.2, -0.15) is 12.6 Å². The van der Waals surface area contributed by atoms with E-state index < -0.39 is 0 Å². The van der Waals surface area contributed by atoms with Crippen LogP contribution in [0.5, 0.6) is 0 Å². The number of carbonyl (C=O) groups excluding carboxylic acids is 1. The molecule has 3 rings (SSSR count). The van der Waals surface area contributed by atoms with Crippen LogP contribution in [0.2, 0.25) is 0 Å². The lowest BCUT2D eigenvalue weighted by molar-refractivity contribution is -0.117. The Bertz CT molecular complexity index is 615. The highest BCUT2D eigenvalue weighted by molar-refractivity contribution is 7.80. The van der Waals surface area contributed by atoms with E-state index >= 15 is 0 Å². The summed E-state index contributed by atoms with van der Waals surface area (Å²) in [7, 11) is 0. The number of anilines is 1. The fraction of sp³-hybridized carbons (Fsp3) is 0.250. The largest absolute Gasteiger partial charge is 0.312 e. The molecule has 102 valence electrons. The zero-order valence-electron chi connectivity index (χ0n) is 11.1. The minimum Gasteiger partial charge on any atom is -0.312 e. The van der Waals surface area contributed by atoms with E-state index in [1.807, 2.05) is 47.4 Å². The molecule has 20 heavy (non-hydrogen) atoms. The first-order chi connectivity index (χ1) is 9.78. The third-order valence-corrected chi connectivity index (χ3v) is 4.10. The van der Waals surface area contributed by atoms with Crippen molar-refractivity contribution in [2.24, 2.45) is 5.92 Å². The highest BCUT2D eigenvalue weighted by Crippen LogP contribution is 2.28. The quantitative estimate of drug-likeness (QED) is 0.879. The number of rotatable bonds is 3. The molecule has 3 nitrogen and oxygen atoms in total. The highest BCUT2D eigenvalue weighted by atomic mass is 32.1. The number of carbonyl (C=O) groups is 1. The predicted molar refractivity (Wildman–Crippen MR) is 84.0 cm³/mol. The van der Waals surface area contributed by atoms with Crippen molar-refractivity contribution in [3.05, 3.63) is 48.7 Å². The first-order valence-electron chi connectivity index (χ1n) is 6.70. The van der Waals surface area contributed by atoms with Crippen molar-refractivity contribution >= 4 is 24.2 Å². The van der Waals surface area contributed by atoms with E-state index in [0.717, 1.165) is 29.2 Å². The van der Waals surface area contributed by atoms with Gasteiger partial charge in [-0.1, -0.05) is 30.3 Å². The van der Waals surface area contributed by atoms with Gasteiger partial charge in [-0.3, -0.25) is 9.78 Å². The van der Waals surface area contributed by atoms with E-state index in [2.05, 4.69) is 17.6 Å². The topological polar surface area (TPSA) is 33.2 Å². The number of nitrogens with zero attached hydrogens (tertiary/aromatic N) is 2. The first kappa shape index (κ1) is 13.2. The molecule has 1 unspecified atom stereocenters. The van der Waals surface area contributed by atoms with Crippen molar-refractivity contribution in [1.29, 1.82) is 0 Å². The summed E-state index contributed by atoms with van der Waals surface area (Å²) in [6, 6.07) is 13.9. The lowest BCUT2D eigenvalue weighted by atomic mass is 10.1. The minimum absolute atomic E-state index is 0.175. The molecule has 1 aliphatic heterocycles. The van der Waals surface area contributed by atoms with Gasteiger partial charge in [0.05, 0.1) is 5.69 Å². The van der Waals surface area contributed by atoms with E-state index in [4.69, 9.17) is 0 Å². The molecule has 0 N–H and O–H groups in total. The Morgan fingerprint density at radius 3 is 2.75 bits per heavy atom. The summed E-state index contributed by atoms with van der Waals surface area (Å²) < 4.78 is 0. The molecule has 0 spiro atoms. The molecule has 1 aliphatic rings. The second-order valence-corrected chi connectivity index (χ2v) is 5.39. The smallest absolute Gasteiger partial charge is 0.227 e. The molecule has 4 heteroatoms. The summed E-state index contributed by atoms with van der Waals surface area (Å²) in [5, 5.41) is 0. The molecule has 0 aliphatic carbocycles. The molecule has 1 amide bonds. The standard InChI is InChI=1S/C16H16N2OS/c19-16-8-12(11-20)10-18(16)14-6-7-17-15(9-14)13-4-2-1-3-5-13/h1-7,9,12,20H,8,10-11H2. The molecule has 1 aromatic carbocycles. The molecule has 1 saturated heterocycles. The van der Waals surface area contributed by atoms with Gasteiger partial charge >= 0.3 is 0 Å². The van der Waals surface area contributed by atoms with Crippen LogP contribution >= 0.6 is 12.6 Å². The summed E-state index contributed by atoms with van der Waals surface area (Å²) >= 11 is 4.30. The molecule has 2 heterocycles. The van der Waals surface area contributed by atoms with Crippen LogP contribution in [0.4, 0.5) is 5.69 Å². The Hall–Kier alpha value is -1.81. The van der Waals surface area contributed by atoms with Gasteiger partial charge in [0, 0.05) is 30.4 Å². The summed E-state index contributed by atoms with van der Waals surface area (Å²) in [5.41, 5.74) is 2.88. The molecule has 2 aromatic rings. The van der Waals surface area contributed by atoms with Crippen molar-refractivity contribution < 1.29 is 4.79 Å². The average molecular weight is 284 g/mol.